The zero-order chi connectivity index (χ0) is 19.0. The molecule has 8 heteroatoms. The van der Waals surface area contributed by atoms with Crippen LogP contribution in [0.1, 0.15) is 35.3 Å². The Kier molecular flexibility index (Phi) is 9.75. The lowest BCUT2D eigenvalue weighted by Gasteiger charge is -2.24. The predicted molar refractivity (Wildman–Crippen MR) is 122 cm³/mol. The van der Waals surface area contributed by atoms with Crippen LogP contribution in [0.15, 0.2) is 46.1 Å². The fourth-order valence-corrected chi connectivity index (χ4v) is 3.18. The quantitative estimate of drug-likeness (QED) is 0.267. The molecule has 27 heavy (non-hydrogen) atoms. The van der Waals surface area contributed by atoms with E-state index in [1.54, 1.807) is 31.4 Å². The van der Waals surface area contributed by atoms with Crippen LogP contribution in [-0.2, 0) is 12.1 Å². The number of carbonyl (C=O) groups is 1. The van der Waals surface area contributed by atoms with E-state index in [1.165, 1.54) is 0 Å². The van der Waals surface area contributed by atoms with Crippen molar-refractivity contribution in [3.05, 3.63) is 57.8 Å². The van der Waals surface area contributed by atoms with Crippen LogP contribution in [0.2, 0.25) is 0 Å². The van der Waals surface area contributed by atoms with Crippen LogP contribution in [-0.4, -0.2) is 37.1 Å². The number of halogens is 1. The first-order valence-electron chi connectivity index (χ1n) is 8.54. The van der Waals surface area contributed by atoms with Gasteiger partial charge in [0.2, 0.25) is 0 Å². The minimum atomic E-state index is -0.977. The van der Waals surface area contributed by atoms with Gasteiger partial charge in [-0.1, -0.05) is 12.1 Å². The summed E-state index contributed by atoms with van der Waals surface area (Å²) in [7, 11) is 1.61. The summed E-state index contributed by atoms with van der Waals surface area (Å²) in [6.45, 7) is 5.25. The number of rotatable bonds is 7. The van der Waals surface area contributed by atoms with Gasteiger partial charge in [-0.05, 0) is 53.9 Å². The van der Waals surface area contributed by atoms with Gasteiger partial charge in [-0.2, -0.15) is 11.3 Å². The molecule has 0 saturated carbocycles. The molecule has 1 heterocycles. The number of nitrogens with zero attached hydrogens (tertiary/aromatic N) is 1. The minimum Gasteiger partial charge on any atom is -0.384 e. The third kappa shape index (κ3) is 7.11. The van der Waals surface area contributed by atoms with Crippen molar-refractivity contribution in [3.63, 3.8) is 0 Å². The molecular formula is C19H27IN4O2S. The Labute approximate surface area is 181 Å². The first kappa shape index (κ1) is 23.4. The van der Waals surface area contributed by atoms with Gasteiger partial charge in [-0.15, -0.1) is 24.0 Å². The summed E-state index contributed by atoms with van der Waals surface area (Å²) in [6.07, 6.45) is 0. The van der Waals surface area contributed by atoms with Crippen molar-refractivity contribution in [2.24, 2.45) is 4.99 Å². The molecule has 0 saturated heterocycles. The molecule has 0 fully saturated rings. The Hall–Kier alpha value is -1.65. The molecule has 6 nitrogen and oxygen atoms in total. The Morgan fingerprint density at radius 3 is 2.70 bits per heavy atom. The van der Waals surface area contributed by atoms with Crippen LogP contribution in [0.3, 0.4) is 0 Å². The largest absolute Gasteiger partial charge is 0.384 e. The molecule has 0 aliphatic heterocycles. The molecule has 0 aliphatic carbocycles. The lowest BCUT2D eigenvalue weighted by atomic mass is 9.99. The average molecular weight is 502 g/mol. The molecule has 0 radical (unpaired) electrons. The highest BCUT2D eigenvalue weighted by atomic mass is 127. The van der Waals surface area contributed by atoms with Crippen LogP contribution in [0.5, 0.6) is 0 Å². The third-order valence-corrected chi connectivity index (χ3v) is 4.61. The van der Waals surface area contributed by atoms with E-state index >= 15 is 0 Å². The van der Waals surface area contributed by atoms with Gasteiger partial charge in [-0.25, -0.2) is 4.99 Å². The summed E-state index contributed by atoms with van der Waals surface area (Å²) in [5.74, 6) is 0.501. The Balaban J connectivity index is 0.00000364. The summed E-state index contributed by atoms with van der Waals surface area (Å²) in [6, 6.07) is 9.29. The van der Waals surface area contributed by atoms with E-state index in [2.05, 4.69) is 20.9 Å². The number of hydrogen-bond acceptors (Lipinski definition) is 4. The maximum absolute atomic E-state index is 11.7. The number of hydrogen-bond donors (Lipinski definition) is 4. The molecule has 0 spiro atoms. The SMILES string of the molecule is CCNC(=NCc1cccc(C(=O)NC)c1)NCC(C)(O)c1ccsc1.I. The summed E-state index contributed by atoms with van der Waals surface area (Å²) in [4.78, 5) is 16.3. The first-order chi connectivity index (χ1) is 12.5. The molecule has 0 bridgehead atoms. The summed E-state index contributed by atoms with van der Waals surface area (Å²) >= 11 is 1.56. The Bertz CT molecular complexity index is 748. The fourth-order valence-electron chi connectivity index (χ4n) is 2.40. The molecule has 1 amide bonds. The molecule has 148 valence electrons. The Morgan fingerprint density at radius 2 is 2.07 bits per heavy atom. The second-order valence-corrected chi connectivity index (χ2v) is 6.89. The summed E-state index contributed by atoms with van der Waals surface area (Å²) in [5.41, 5.74) is 1.45. The van der Waals surface area contributed by atoms with Crippen LogP contribution in [0.4, 0.5) is 0 Å². The third-order valence-electron chi connectivity index (χ3n) is 3.92. The van der Waals surface area contributed by atoms with Crippen molar-refractivity contribution in [1.82, 2.24) is 16.0 Å². The number of aliphatic imine (C=N–C) groups is 1. The smallest absolute Gasteiger partial charge is 0.251 e. The minimum absolute atomic E-state index is 0. The molecule has 1 unspecified atom stereocenters. The van der Waals surface area contributed by atoms with E-state index in [-0.39, 0.29) is 29.9 Å². The highest BCUT2D eigenvalue weighted by Gasteiger charge is 2.23. The van der Waals surface area contributed by atoms with Crippen molar-refractivity contribution in [2.45, 2.75) is 26.0 Å². The summed E-state index contributed by atoms with van der Waals surface area (Å²) in [5, 5.41) is 23.5. The molecule has 4 N–H and O–H groups in total. The van der Waals surface area contributed by atoms with Crippen molar-refractivity contribution in [2.75, 3.05) is 20.1 Å². The van der Waals surface area contributed by atoms with Crippen LogP contribution in [0, 0.1) is 0 Å². The van der Waals surface area contributed by atoms with Gasteiger partial charge in [0.15, 0.2) is 5.96 Å². The fraction of sp³-hybridized carbons (Fsp3) is 0.368. The molecule has 0 aliphatic rings. The highest BCUT2D eigenvalue weighted by Crippen LogP contribution is 2.21. The van der Waals surface area contributed by atoms with Gasteiger partial charge >= 0.3 is 0 Å². The van der Waals surface area contributed by atoms with Gasteiger partial charge in [0, 0.05) is 19.2 Å². The topological polar surface area (TPSA) is 85.8 Å². The number of aliphatic hydroxyl groups is 1. The van der Waals surface area contributed by atoms with Gasteiger partial charge in [0.1, 0.15) is 5.60 Å². The van der Waals surface area contributed by atoms with E-state index in [9.17, 15) is 9.90 Å². The number of amides is 1. The van der Waals surface area contributed by atoms with Crippen molar-refractivity contribution in [1.29, 1.82) is 0 Å². The van der Waals surface area contributed by atoms with Crippen molar-refractivity contribution in [3.8, 4) is 0 Å². The van der Waals surface area contributed by atoms with Gasteiger partial charge in [0.25, 0.3) is 5.91 Å². The first-order valence-corrected chi connectivity index (χ1v) is 9.49. The normalized spacial score (nSPS) is 13.3. The second kappa shape index (κ2) is 11.3. The highest BCUT2D eigenvalue weighted by molar-refractivity contribution is 14.0. The van der Waals surface area contributed by atoms with E-state index in [4.69, 9.17) is 0 Å². The van der Waals surface area contributed by atoms with E-state index < -0.39 is 5.60 Å². The number of benzene rings is 1. The lowest BCUT2D eigenvalue weighted by Crippen LogP contribution is -2.44. The average Bonchev–Trinajstić information content (AvgIpc) is 3.19. The van der Waals surface area contributed by atoms with Crippen molar-refractivity contribution >= 4 is 47.2 Å². The van der Waals surface area contributed by atoms with Gasteiger partial charge in [-0.3, -0.25) is 4.79 Å². The van der Waals surface area contributed by atoms with E-state index in [0.717, 1.165) is 11.1 Å². The predicted octanol–water partition coefficient (Wildman–Crippen LogP) is 2.69. The van der Waals surface area contributed by atoms with Crippen molar-refractivity contribution < 1.29 is 9.90 Å². The zero-order valence-electron chi connectivity index (χ0n) is 15.8. The number of thiophene rings is 1. The van der Waals surface area contributed by atoms with E-state index in [1.807, 2.05) is 41.9 Å². The molecule has 1 atom stereocenters. The van der Waals surface area contributed by atoms with Gasteiger partial charge < -0.3 is 21.1 Å². The summed E-state index contributed by atoms with van der Waals surface area (Å²) < 4.78 is 0. The molecule has 2 aromatic rings. The molecule has 1 aromatic carbocycles. The zero-order valence-corrected chi connectivity index (χ0v) is 18.9. The number of carbonyl (C=O) groups excluding carboxylic acids is 1. The van der Waals surface area contributed by atoms with Crippen LogP contribution in [0.25, 0.3) is 0 Å². The monoisotopic (exact) mass is 502 g/mol. The maximum Gasteiger partial charge on any atom is 0.251 e. The van der Waals surface area contributed by atoms with Gasteiger partial charge in [0.05, 0.1) is 13.1 Å². The molecule has 1 aromatic heterocycles. The second-order valence-electron chi connectivity index (χ2n) is 6.11. The Morgan fingerprint density at radius 1 is 1.30 bits per heavy atom. The standard InChI is InChI=1S/C19H26N4O2S.HI/c1-4-21-18(23-13-19(2,25)16-8-9-26-12-16)22-11-14-6-5-7-15(10-14)17(24)20-3;/h5-10,12,25H,4,11,13H2,1-3H3,(H,20,24)(H2,21,22,23);1H. The number of guanidine groups is 1. The maximum atomic E-state index is 11.7. The van der Waals surface area contributed by atoms with E-state index in [0.29, 0.717) is 31.2 Å². The molecule has 2 rings (SSSR count). The lowest BCUT2D eigenvalue weighted by molar-refractivity contribution is 0.0621. The van der Waals surface area contributed by atoms with Crippen LogP contribution < -0.4 is 16.0 Å². The molecular weight excluding hydrogens is 475 g/mol. The van der Waals surface area contributed by atoms with Crippen LogP contribution >= 0.6 is 35.3 Å². The number of nitrogens with one attached hydrogen (secondary N) is 3.